The van der Waals surface area contributed by atoms with Crippen LogP contribution in [-0.4, -0.2) is 0 Å². The molecular weight excluding hydrogens is 197 g/mol. The van der Waals surface area contributed by atoms with E-state index in [0.717, 1.165) is 12.8 Å². The Hall–Kier alpha value is 0.324. The summed E-state index contributed by atoms with van der Waals surface area (Å²) in [6.07, 6.45) is 9.52. The molecule has 0 N–H and O–H groups in total. The van der Waals surface area contributed by atoms with Crippen LogP contribution in [0.4, 0.5) is 0 Å². The van der Waals surface area contributed by atoms with Gasteiger partial charge in [-0.15, -0.1) is 0 Å². The van der Waals surface area contributed by atoms with Crippen molar-refractivity contribution in [3.05, 3.63) is 36.0 Å². The van der Waals surface area contributed by atoms with Crippen LogP contribution >= 0.6 is 0 Å². The summed E-state index contributed by atoms with van der Waals surface area (Å²) < 4.78 is 0. The molecule has 1 rings (SSSR count). The fourth-order valence-corrected chi connectivity index (χ4v) is 0.970. The molecule has 0 aliphatic heterocycles. The second kappa shape index (κ2) is 5.04. The van der Waals surface area contributed by atoms with E-state index < -0.39 is 0 Å². The van der Waals surface area contributed by atoms with Crippen molar-refractivity contribution in [2.45, 2.75) is 19.8 Å². The van der Waals surface area contributed by atoms with Crippen LogP contribution in [0, 0.1) is 6.08 Å². The Morgan fingerprint density at radius 1 is 1.50 bits per heavy atom. The predicted octanol–water partition coefficient (Wildman–Crippen LogP) is 2.64. The molecular formula is C9H11Y-. The fourth-order valence-electron chi connectivity index (χ4n) is 0.970. The third kappa shape index (κ3) is 2.52. The summed E-state index contributed by atoms with van der Waals surface area (Å²) in [7, 11) is 0. The summed E-state index contributed by atoms with van der Waals surface area (Å²) in [5.41, 5.74) is 2.58. The molecule has 0 saturated heterocycles. The summed E-state index contributed by atoms with van der Waals surface area (Å²) in [5.74, 6) is 0. The van der Waals surface area contributed by atoms with Crippen LogP contribution in [0.1, 0.15) is 19.8 Å². The molecule has 0 aromatic rings. The first-order chi connectivity index (χ1) is 4.36. The van der Waals surface area contributed by atoms with Gasteiger partial charge in [-0.25, -0.2) is 0 Å². The molecule has 51 valence electrons. The van der Waals surface area contributed by atoms with E-state index in [4.69, 9.17) is 0 Å². The predicted molar refractivity (Wildman–Crippen MR) is 39.9 cm³/mol. The minimum atomic E-state index is 0. The van der Waals surface area contributed by atoms with Crippen LogP contribution in [0.3, 0.4) is 0 Å². The van der Waals surface area contributed by atoms with Gasteiger partial charge in [0.1, 0.15) is 0 Å². The topological polar surface area (TPSA) is 0 Å². The Morgan fingerprint density at radius 3 is 2.50 bits per heavy atom. The standard InChI is InChI=1S/C9H11.Y/c1-3-8-5-6-9(4-2)7-8;/h3-4H,1,5-6H2,2H3;/q-1;/b9-4+;. The van der Waals surface area contributed by atoms with E-state index >= 15 is 0 Å². The molecule has 10 heavy (non-hydrogen) atoms. The van der Waals surface area contributed by atoms with Crippen LogP contribution < -0.4 is 0 Å². The van der Waals surface area contributed by atoms with Crippen LogP contribution in [0.2, 0.25) is 0 Å². The molecule has 1 aliphatic carbocycles. The monoisotopic (exact) mass is 208 g/mol. The second-order valence-corrected chi connectivity index (χ2v) is 2.17. The van der Waals surface area contributed by atoms with Gasteiger partial charge in [-0.2, -0.15) is 36.0 Å². The van der Waals surface area contributed by atoms with Crippen LogP contribution in [0.5, 0.6) is 0 Å². The maximum Gasteiger partial charge on any atom is 0 e. The minimum Gasteiger partial charge on any atom is -0.179 e. The van der Waals surface area contributed by atoms with Crippen molar-refractivity contribution >= 4 is 0 Å². The van der Waals surface area contributed by atoms with Gasteiger partial charge in [0.05, 0.1) is 0 Å². The van der Waals surface area contributed by atoms with E-state index in [1.807, 2.05) is 13.0 Å². The molecule has 0 nitrogen and oxygen atoms in total. The van der Waals surface area contributed by atoms with Gasteiger partial charge < -0.3 is 0 Å². The molecule has 0 atom stereocenters. The Bertz CT molecular complexity index is 175. The molecule has 1 heteroatoms. The summed E-state index contributed by atoms with van der Waals surface area (Å²) in [6.45, 7) is 5.73. The number of hydrogen-bond donors (Lipinski definition) is 0. The van der Waals surface area contributed by atoms with E-state index in [9.17, 15) is 0 Å². The quantitative estimate of drug-likeness (QED) is 0.581. The molecule has 0 spiro atoms. The number of allylic oxidation sites excluding steroid dienone is 5. The second-order valence-electron chi connectivity index (χ2n) is 2.17. The van der Waals surface area contributed by atoms with E-state index in [2.05, 4.69) is 18.7 Å². The van der Waals surface area contributed by atoms with Crippen molar-refractivity contribution in [3.8, 4) is 0 Å². The fraction of sp³-hybridized carbons (Fsp3) is 0.333. The van der Waals surface area contributed by atoms with Gasteiger partial charge in [0.2, 0.25) is 0 Å². The van der Waals surface area contributed by atoms with Crippen LogP contribution in [0.15, 0.2) is 29.9 Å². The molecule has 0 saturated carbocycles. The SMILES string of the molecule is C=CC1=[C-]/C(=C/C)CC1.[Y]. The smallest absolute Gasteiger partial charge is 0 e. The summed E-state index contributed by atoms with van der Waals surface area (Å²) in [6, 6.07) is 0. The van der Waals surface area contributed by atoms with E-state index in [-0.39, 0.29) is 32.7 Å². The summed E-state index contributed by atoms with van der Waals surface area (Å²) >= 11 is 0. The maximum absolute atomic E-state index is 3.68. The van der Waals surface area contributed by atoms with Gasteiger partial charge in [0.25, 0.3) is 0 Å². The number of hydrogen-bond acceptors (Lipinski definition) is 0. The Morgan fingerprint density at radius 2 is 2.20 bits per heavy atom. The van der Waals surface area contributed by atoms with Crippen molar-refractivity contribution in [1.82, 2.24) is 0 Å². The van der Waals surface area contributed by atoms with Crippen molar-refractivity contribution in [2.24, 2.45) is 0 Å². The summed E-state index contributed by atoms with van der Waals surface area (Å²) in [4.78, 5) is 0. The van der Waals surface area contributed by atoms with Gasteiger partial charge in [-0.05, 0) is 12.8 Å². The van der Waals surface area contributed by atoms with Crippen molar-refractivity contribution in [3.63, 3.8) is 0 Å². The van der Waals surface area contributed by atoms with Gasteiger partial charge in [-0.1, -0.05) is 6.92 Å². The minimum absolute atomic E-state index is 0. The first-order valence-electron chi connectivity index (χ1n) is 3.27. The zero-order valence-corrected chi connectivity index (χ0v) is 9.19. The third-order valence-corrected chi connectivity index (χ3v) is 1.58. The zero-order chi connectivity index (χ0) is 6.69. The largest absolute Gasteiger partial charge is 0.179 e. The van der Waals surface area contributed by atoms with Crippen molar-refractivity contribution in [1.29, 1.82) is 0 Å². The first kappa shape index (κ1) is 10.3. The average molecular weight is 208 g/mol. The summed E-state index contributed by atoms with van der Waals surface area (Å²) in [5, 5.41) is 0. The molecule has 0 aromatic carbocycles. The van der Waals surface area contributed by atoms with Gasteiger partial charge in [0, 0.05) is 32.7 Å². The molecule has 1 aliphatic rings. The molecule has 0 heterocycles. The normalized spacial score (nSPS) is 20.1. The van der Waals surface area contributed by atoms with E-state index in [1.165, 1.54) is 11.1 Å². The average Bonchev–Trinajstić information content (AvgIpc) is 2.34. The van der Waals surface area contributed by atoms with E-state index in [1.54, 1.807) is 0 Å². The zero-order valence-electron chi connectivity index (χ0n) is 6.35. The van der Waals surface area contributed by atoms with E-state index in [0.29, 0.717) is 0 Å². The van der Waals surface area contributed by atoms with Crippen molar-refractivity contribution in [2.75, 3.05) is 0 Å². The Balaban J connectivity index is 0.000000810. The van der Waals surface area contributed by atoms with Crippen LogP contribution in [-0.2, 0) is 32.7 Å². The molecule has 0 amide bonds. The van der Waals surface area contributed by atoms with Gasteiger partial charge in [-0.3, -0.25) is 0 Å². The van der Waals surface area contributed by atoms with Crippen molar-refractivity contribution < 1.29 is 32.7 Å². The molecule has 0 bridgehead atoms. The Kier molecular flexibility index (Phi) is 5.20. The first-order valence-corrected chi connectivity index (χ1v) is 3.27. The van der Waals surface area contributed by atoms with Crippen LogP contribution in [0.25, 0.3) is 0 Å². The van der Waals surface area contributed by atoms with Gasteiger partial charge >= 0.3 is 0 Å². The molecule has 0 fully saturated rings. The third-order valence-electron chi connectivity index (χ3n) is 1.58. The molecule has 1 radical (unpaired) electrons. The number of rotatable bonds is 1. The maximum atomic E-state index is 3.68. The molecule has 0 unspecified atom stereocenters. The Labute approximate surface area is 88.0 Å². The molecule has 0 aromatic heterocycles. The van der Waals surface area contributed by atoms with Gasteiger partial charge in [0.15, 0.2) is 0 Å².